The van der Waals surface area contributed by atoms with Crippen molar-refractivity contribution in [3.63, 3.8) is 0 Å². The van der Waals surface area contributed by atoms with Gasteiger partial charge in [0.05, 0.1) is 12.2 Å². The Kier molecular flexibility index (Phi) is 6.20. The zero-order valence-electron chi connectivity index (χ0n) is 14.3. The van der Waals surface area contributed by atoms with Crippen molar-refractivity contribution in [1.82, 2.24) is 15.2 Å². The maximum atomic E-state index is 4.75. The largest absolute Gasteiger partial charge is 0.311 e. The monoisotopic (exact) mass is 309 g/mol. The maximum absolute atomic E-state index is 4.75. The highest BCUT2D eigenvalue weighted by Gasteiger charge is 2.30. The van der Waals surface area contributed by atoms with Crippen molar-refractivity contribution in [3.8, 4) is 0 Å². The number of aryl methyl sites for hydroxylation is 2. The molecule has 0 spiro atoms. The molecule has 120 valence electrons. The molecule has 1 aromatic rings. The maximum Gasteiger partial charge on any atom is 0.107 e. The van der Waals surface area contributed by atoms with E-state index in [-0.39, 0.29) is 0 Å². The molecule has 1 aliphatic heterocycles. The van der Waals surface area contributed by atoms with Gasteiger partial charge in [-0.3, -0.25) is 4.90 Å². The minimum atomic E-state index is 0.630. The molecule has 2 rings (SSSR count). The molecule has 3 nitrogen and oxygen atoms in total. The molecule has 0 radical (unpaired) electrons. The second-order valence-electron chi connectivity index (χ2n) is 6.52. The van der Waals surface area contributed by atoms with E-state index in [1.54, 1.807) is 0 Å². The summed E-state index contributed by atoms with van der Waals surface area (Å²) in [6.07, 6.45) is 3.79. The van der Waals surface area contributed by atoms with Crippen LogP contribution in [0.5, 0.6) is 0 Å². The molecule has 1 aromatic heterocycles. The van der Waals surface area contributed by atoms with Crippen molar-refractivity contribution in [3.05, 3.63) is 15.6 Å². The summed E-state index contributed by atoms with van der Waals surface area (Å²) in [4.78, 5) is 8.79. The van der Waals surface area contributed by atoms with Gasteiger partial charge in [-0.25, -0.2) is 4.98 Å². The topological polar surface area (TPSA) is 28.2 Å². The molecule has 0 aliphatic carbocycles. The lowest BCUT2D eigenvalue weighted by atomic mass is 9.94. The Morgan fingerprint density at radius 3 is 2.71 bits per heavy atom. The molecule has 1 saturated heterocycles. The van der Waals surface area contributed by atoms with E-state index in [0.717, 1.165) is 25.6 Å². The smallest absolute Gasteiger partial charge is 0.107 e. The molecule has 0 amide bonds. The Bertz CT molecular complexity index is 424. The van der Waals surface area contributed by atoms with Crippen LogP contribution in [-0.2, 0) is 6.54 Å². The van der Waals surface area contributed by atoms with Gasteiger partial charge in [-0.15, -0.1) is 11.3 Å². The third-order valence-corrected chi connectivity index (χ3v) is 5.98. The lowest BCUT2D eigenvalue weighted by Crippen LogP contribution is -2.57. The highest BCUT2D eigenvalue weighted by atomic mass is 32.1. The summed E-state index contributed by atoms with van der Waals surface area (Å²) in [6.45, 7) is 14.6. The number of thiazole rings is 1. The second-order valence-corrected chi connectivity index (χ2v) is 7.81. The molecule has 3 atom stereocenters. The van der Waals surface area contributed by atoms with E-state index in [4.69, 9.17) is 4.98 Å². The summed E-state index contributed by atoms with van der Waals surface area (Å²) in [5, 5.41) is 5.07. The van der Waals surface area contributed by atoms with Gasteiger partial charge in [0, 0.05) is 30.1 Å². The molecule has 2 heterocycles. The zero-order valence-corrected chi connectivity index (χ0v) is 15.1. The van der Waals surface area contributed by atoms with Crippen LogP contribution in [0.25, 0.3) is 0 Å². The van der Waals surface area contributed by atoms with E-state index in [1.807, 2.05) is 11.3 Å². The number of hydrogen-bond donors (Lipinski definition) is 1. The van der Waals surface area contributed by atoms with Gasteiger partial charge in [0.25, 0.3) is 0 Å². The highest BCUT2D eigenvalue weighted by Crippen LogP contribution is 2.23. The molecule has 0 bridgehead atoms. The van der Waals surface area contributed by atoms with Crippen molar-refractivity contribution in [2.75, 3.05) is 13.1 Å². The van der Waals surface area contributed by atoms with Crippen LogP contribution in [0.1, 0.15) is 55.6 Å². The molecule has 0 aromatic carbocycles. The predicted molar refractivity (Wildman–Crippen MR) is 91.9 cm³/mol. The third kappa shape index (κ3) is 4.27. The fourth-order valence-electron chi connectivity index (χ4n) is 3.14. The van der Waals surface area contributed by atoms with E-state index in [2.05, 4.69) is 44.8 Å². The van der Waals surface area contributed by atoms with E-state index in [0.29, 0.717) is 12.1 Å². The first-order valence-electron chi connectivity index (χ1n) is 8.45. The van der Waals surface area contributed by atoms with Crippen LogP contribution in [0.2, 0.25) is 0 Å². The quantitative estimate of drug-likeness (QED) is 0.867. The van der Waals surface area contributed by atoms with Crippen LogP contribution < -0.4 is 5.32 Å². The fraction of sp³-hybridized carbons (Fsp3) is 0.824. The summed E-state index contributed by atoms with van der Waals surface area (Å²) in [5.41, 5.74) is 1.20. The summed E-state index contributed by atoms with van der Waals surface area (Å²) in [7, 11) is 0. The van der Waals surface area contributed by atoms with E-state index in [9.17, 15) is 0 Å². The Morgan fingerprint density at radius 2 is 2.14 bits per heavy atom. The molecule has 21 heavy (non-hydrogen) atoms. The number of piperazine rings is 1. The van der Waals surface area contributed by atoms with Gasteiger partial charge >= 0.3 is 0 Å². The van der Waals surface area contributed by atoms with Gasteiger partial charge in [0.1, 0.15) is 5.01 Å². The number of hydrogen-bond acceptors (Lipinski definition) is 4. The van der Waals surface area contributed by atoms with Crippen molar-refractivity contribution < 1.29 is 0 Å². The first-order chi connectivity index (χ1) is 10.0. The van der Waals surface area contributed by atoms with Gasteiger partial charge < -0.3 is 5.32 Å². The molecule has 0 saturated carbocycles. The number of aromatic nitrogens is 1. The summed E-state index contributed by atoms with van der Waals surface area (Å²) >= 11 is 1.87. The summed E-state index contributed by atoms with van der Waals surface area (Å²) < 4.78 is 0. The van der Waals surface area contributed by atoms with Gasteiger partial charge in [-0.1, -0.05) is 33.6 Å². The Labute approximate surface area is 134 Å². The molecule has 1 fully saturated rings. The van der Waals surface area contributed by atoms with Crippen LogP contribution in [0.4, 0.5) is 0 Å². The second kappa shape index (κ2) is 7.70. The number of rotatable bonds is 6. The summed E-state index contributed by atoms with van der Waals surface area (Å²) in [5.74, 6) is 0.745. The van der Waals surface area contributed by atoms with Gasteiger partial charge in [-0.2, -0.15) is 0 Å². The lowest BCUT2D eigenvalue weighted by molar-refractivity contribution is 0.0959. The minimum Gasteiger partial charge on any atom is -0.311 e. The Morgan fingerprint density at radius 1 is 1.38 bits per heavy atom. The van der Waals surface area contributed by atoms with Crippen molar-refractivity contribution >= 4 is 11.3 Å². The van der Waals surface area contributed by atoms with Crippen LogP contribution in [0.15, 0.2) is 0 Å². The molecule has 3 unspecified atom stereocenters. The van der Waals surface area contributed by atoms with Crippen molar-refractivity contribution in [2.24, 2.45) is 5.92 Å². The van der Waals surface area contributed by atoms with Gasteiger partial charge in [0.15, 0.2) is 0 Å². The van der Waals surface area contributed by atoms with Crippen LogP contribution in [-0.4, -0.2) is 35.1 Å². The Balaban J connectivity index is 2.06. The number of nitrogens with one attached hydrogen (secondary N) is 1. The standard InChI is InChI=1S/C17H31N3S/c1-6-8-15-9-18-16(12(3)7-2)10-20(15)11-17-19-13(4)14(5)21-17/h12,15-16,18H,6-11H2,1-5H3. The highest BCUT2D eigenvalue weighted by molar-refractivity contribution is 7.11. The molecule has 1 aliphatic rings. The molecular formula is C17H31N3S. The van der Waals surface area contributed by atoms with Crippen LogP contribution in [0, 0.1) is 19.8 Å². The van der Waals surface area contributed by atoms with E-state index in [1.165, 1.54) is 34.8 Å². The SMILES string of the molecule is CCCC1CNC(C(C)CC)CN1Cc1nc(C)c(C)s1. The lowest BCUT2D eigenvalue weighted by Gasteiger charge is -2.42. The van der Waals surface area contributed by atoms with E-state index >= 15 is 0 Å². The van der Waals surface area contributed by atoms with Crippen LogP contribution in [0.3, 0.4) is 0 Å². The van der Waals surface area contributed by atoms with Crippen LogP contribution >= 0.6 is 11.3 Å². The first-order valence-corrected chi connectivity index (χ1v) is 9.27. The molecule has 1 N–H and O–H groups in total. The van der Waals surface area contributed by atoms with Crippen molar-refractivity contribution in [2.45, 2.75) is 72.5 Å². The molecular weight excluding hydrogens is 278 g/mol. The van der Waals surface area contributed by atoms with E-state index < -0.39 is 0 Å². The zero-order chi connectivity index (χ0) is 15.4. The predicted octanol–water partition coefficient (Wildman–Crippen LogP) is 3.75. The normalized spacial score (nSPS) is 25.2. The number of nitrogens with zero attached hydrogens (tertiary/aromatic N) is 2. The van der Waals surface area contributed by atoms with Gasteiger partial charge in [-0.05, 0) is 26.2 Å². The average molecular weight is 310 g/mol. The molecule has 4 heteroatoms. The fourth-order valence-corrected chi connectivity index (χ4v) is 4.10. The minimum absolute atomic E-state index is 0.630. The average Bonchev–Trinajstić information content (AvgIpc) is 2.78. The van der Waals surface area contributed by atoms with Gasteiger partial charge in [0.2, 0.25) is 0 Å². The Hall–Kier alpha value is -0.450. The van der Waals surface area contributed by atoms with Crippen molar-refractivity contribution in [1.29, 1.82) is 0 Å². The first kappa shape index (κ1) is 16.9. The summed E-state index contributed by atoms with van der Waals surface area (Å²) in [6, 6.07) is 1.30. The third-order valence-electron chi connectivity index (χ3n) is 4.93.